The standard InChI is InChI=1S/C21H22N4O/c1-11-5-8-16(9-17(11)19(23)15-6-7-15)25-21(26)20-13(3)12(2)18(10-22)14(4)24-20/h5,8-9,15,23H,6-7H2,1-4H3,(H,25,26). The van der Waals surface area contributed by atoms with Crippen LogP contribution in [-0.4, -0.2) is 16.6 Å². The van der Waals surface area contributed by atoms with E-state index in [4.69, 9.17) is 5.41 Å². The average molecular weight is 346 g/mol. The van der Waals surface area contributed by atoms with Gasteiger partial charge in [-0.15, -0.1) is 0 Å². The summed E-state index contributed by atoms with van der Waals surface area (Å²) in [6.45, 7) is 7.36. The summed E-state index contributed by atoms with van der Waals surface area (Å²) in [6, 6.07) is 7.78. The minimum absolute atomic E-state index is 0.300. The summed E-state index contributed by atoms with van der Waals surface area (Å²) in [5.74, 6) is 0.0540. The van der Waals surface area contributed by atoms with Crippen molar-refractivity contribution in [3.8, 4) is 6.07 Å². The molecule has 132 valence electrons. The Balaban J connectivity index is 1.90. The van der Waals surface area contributed by atoms with Gasteiger partial charge in [0.1, 0.15) is 11.8 Å². The van der Waals surface area contributed by atoms with E-state index in [2.05, 4.69) is 16.4 Å². The first-order chi connectivity index (χ1) is 12.3. The topological polar surface area (TPSA) is 89.6 Å². The molecule has 2 N–H and O–H groups in total. The Bertz CT molecular complexity index is 965. The molecule has 0 radical (unpaired) electrons. The fourth-order valence-electron chi connectivity index (χ4n) is 3.10. The van der Waals surface area contributed by atoms with Gasteiger partial charge in [-0.3, -0.25) is 4.79 Å². The molecule has 1 aliphatic rings. The quantitative estimate of drug-likeness (QED) is 0.812. The fraction of sp³-hybridized carbons (Fsp3) is 0.333. The number of hydrogen-bond acceptors (Lipinski definition) is 4. The van der Waals surface area contributed by atoms with Crippen LogP contribution in [0.25, 0.3) is 0 Å². The van der Waals surface area contributed by atoms with Crippen LogP contribution in [0.3, 0.4) is 0 Å². The molecular weight excluding hydrogens is 324 g/mol. The van der Waals surface area contributed by atoms with E-state index >= 15 is 0 Å². The first-order valence-corrected chi connectivity index (χ1v) is 8.72. The third-order valence-corrected chi connectivity index (χ3v) is 5.03. The molecule has 0 atom stereocenters. The molecule has 1 amide bonds. The number of carbonyl (C=O) groups is 1. The Morgan fingerprint density at radius 1 is 1.23 bits per heavy atom. The van der Waals surface area contributed by atoms with Gasteiger partial charge < -0.3 is 10.7 Å². The van der Waals surface area contributed by atoms with Crippen LogP contribution in [-0.2, 0) is 0 Å². The highest BCUT2D eigenvalue weighted by Crippen LogP contribution is 2.34. The van der Waals surface area contributed by atoms with Crippen molar-refractivity contribution in [2.45, 2.75) is 40.5 Å². The number of nitriles is 1. The van der Waals surface area contributed by atoms with Crippen LogP contribution in [0.15, 0.2) is 18.2 Å². The van der Waals surface area contributed by atoms with E-state index in [-0.39, 0.29) is 5.91 Å². The van der Waals surface area contributed by atoms with E-state index in [1.54, 1.807) is 13.8 Å². The highest BCUT2D eigenvalue weighted by Gasteiger charge is 2.28. The van der Waals surface area contributed by atoms with Crippen LogP contribution < -0.4 is 5.32 Å². The molecule has 0 bridgehead atoms. The molecule has 1 aliphatic carbocycles. The van der Waals surface area contributed by atoms with Crippen molar-refractivity contribution in [3.05, 3.63) is 57.4 Å². The summed E-state index contributed by atoms with van der Waals surface area (Å²) in [5.41, 5.74) is 6.14. The van der Waals surface area contributed by atoms with Gasteiger partial charge in [-0.25, -0.2) is 4.98 Å². The van der Waals surface area contributed by atoms with Gasteiger partial charge in [-0.2, -0.15) is 5.26 Å². The molecule has 0 spiro atoms. The SMILES string of the molecule is Cc1ccc(NC(=O)c2nc(C)c(C#N)c(C)c2C)cc1C(=N)C1CC1. The highest BCUT2D eigenvalue weighted by molar-refractivity contribution is 6.06. The van der Waals surface area contributed by atoms with Gasteiger partial charge in [0.25, 0.3) is 5.91 Å². The highest BCUT2D eigenvalue weighted by atomic mass is 16.1. The molecule has 0 unspecified atom stereocenters. The van der Waals surface area contributed by atoms with Gasteiger partial charge in [-0.1, -0.05) is 6.07 Å². The summed E-state index contributed by atoms with van der Waals surface area (Å²) >= 11 is 0. The molecule has 1 fully saturated rings. The lowest BCUT2D eigenvalue weighted by atomic mass is 9.99. The molecule has 3 rings (SSSR count). The Labute approximate surface area is 153 Å². The van der Waals surface area contributed by atoms with Crippen LogP contribution in [0.4, 0.5) is 5.69 Å². The molecule has 5 heteroatoms. The van der Waals surface area contributed by atoms with Crippen LogP contribution >= 0.6 is 0 Å². The lowest BCUT2D eigenvalue weighted by Gasteiger charge is -2.13. The van der Waals surface area contributed by atoms with Gasteiger partial charge in [0.15, 0.2) is 0 Å². The zero-order valence-electron chi connectivity index (χ0n) is 15.5. The summed E-state index contributed by atoms with van der Waals surface area (Å²) < 4.78 is 0. The maximum absolute atomic E-state index is 12.7. The molecule has 1 saturated carbocycles. The van der Waals surface area contributed by atoms with Gasteiger partial charge in [0.2, 0.25) is 0 Å². The molecule has 26 heavy (non-hydrogen) atoms. The lowest BCUT2D eigenvalue weighted by Crippen LogP contribution is -2.18. The van der Waals surface area contributed by atoms with E-state index in [1.807, 2.05) is 32.0 Å². The molecule has 5 nitrogen and oxygen atoms in total. The minimum Gasteiger partial charge on any atom is -0.321 e. The number of pyridine rings is 1. The van der Waals surface area contributed by atoms with Crippen molar-refractivity contribution in [1.82, 2.24) is 4.98 Å². The first-order valence-electron chi connectivity index (χ1n) is 8.72. The molecule has 1 aromatic carbocycles. The lowest BCUT2D eigenvalue weighted by molar-refractivity contribution is 0.102. The minimum atomic E-state index is -0.300. The van der Waals surface area contributed by atoms with Crippen molar-refractivity contribution >= 4 is 17.3 Å². The number of rotatable bonds is 4. The van der Waals surface area contributed by atoms with E-state index in [1.165, 1.54) is 0 Å². The first kappa shape index (κ1) is 17.8. The second-order valence-electron chi connectivity index (χ2n) is 6.95. The number of aromatic nitrogens is 1. The Morgan fingerprint density at radius 2 is 1.92 bits per heavy atom. The summed E-state index contributed by atoms with van der Waals surface area (Å²) in [4.78, 5) is 17.1. The predicted molar refractivity (Wildman–Crippen MR) is 102 cm³/mol. The molecule has 0 saturated heterocycles. The van der Waals surface area contributed by atoms with Crippen LogP contribution in [0.1, 0.15) is 56.8 Å². The van der Waals surface area contributed by atoms with Crippen molar-refractivity contribution in [2.24, 2.45) is 5.92 Å². The monoisotopic (exact) mass is 346 g/mol. The second-order valence-corrected chi connectivity index (χ2v) is 6.95. The number of amides is 1. The van der Waals surface area contributed by atoms with Gasteiger partial charge >= 0.3 is 0 Å². The largest absolute Gasteiger partial charge is 0.321 e. The average Bonchev–Trinajstić information content (AvgIpc) is 3.44. The molecule has 0 aliphatic heterocycles. The summed E-state index contributed by atoms with van der Waals surface area (Å²) in [7, 11) is 0. The second kappa shape index (κ2) is 6.72. The number of anilines is 1. The number of nitrogens with zero attached hydrogens (tertiary/aromatic N) is 2. The smallest absolute Gasteiger partial charge is 0.274 e. The third kappa shape index (κ3) is 3.23. The van der Waals surface area contributed by atoms with Crippen molar-refractivity contribution < 1.29 is 4.79 Å². The zero-order chi connectivity index (χ0) is 19.0. The maximum Gasteiger partial charge on any atom is 0.274 e. The molecule has 2 aromatic rings. The van der Waals surface area contributed by atoms with Gasteiger partial charge in [0, 0.05) is 22.9 Å². The van der Waals surface area contributed by atoms with E-state index in [0.717, 1.165) is 29.5 Å². The Morgan fingerprint density at radius 3 is 2.54 bits per heavy atom. The van der Waals surface area contributed by atoms with Crippen molar-refractivity contribution in [1.29, 1.82) is 10.7 Å². The number of aryl methyl sites for hydroxylation is 2. The summed E-state index contributed by atoms with van der Waals surface area (Å²) in [5, 5.41) is 20.4. The van der Waals surface area contributed by atoms with Gasteiger partial charge in [-0.05, 0) is 69.4 Å². The predicted octanol–water partition coefficient (Wildman–Crippen LogP) is 4.22. The zero-order valence-corrected chi connectivity index (χ0v) is 15.5. The third-order valence-electron chi connectivity index (χ3n) is 5.03. The van der Waals surface area contributed by atoms with E-state index in [9.17, 15) is 10.1 Å². The van der Waals surface area contributed by atoms with Crippen molar-refractivity contribution in [3.63, 3.8) is 0 Å². The molecule has 1 heterocycles. The number of carbonyl (C=O) groups excluding carboxylic acids is 1. The Hall–Kier alpha value is -3.00. The maximum atomic E-state index is 12.7. The Kier molecular flexibility index (Phi) is 4.60. The van der Waals surface area contributed by atoms with Crippen LogP contribution in [0, 0.1) is 50.4 Å². The number of benzene rings is 1. The molecule has 1 aromatic heterocycles. The van der Waals surface area contributed by atoms with E-state index in [0.29, 0.717) is 39.8 Å². The number of hydrogen-bond donors (Lipinski definition) is 2. The molecular formula is C21H22N4O. The van der Waals surface area contributed by atoms with Crippen LogP contribution in [0.2, 0.25) is 0 Å². The fourth-order valence-corrected chi connectivity index (χ4v) is 3.10. The summed E-state index contributed by atoms with van der Waals surface area (Å²) in [6.07, 6.45) is 2.14. The van der Waals surface area contributed by atoms with Gasteiger partial charge in [0.05, 0.1) is 11.3 Å². The normalized spacial score (nSPS) is 13.2. The number of nitrogens with one attached hydrogen (secondary N) is 2. The van der Waals surface area contributed by atoms with E-state index < -0.39 is 0 Å². The van der Waals surface area contributed by atoms with Crippen LogP contribution in [0.5, 0.6) is 0 Å². The van der Waals surface area contributed by atoms with Crippen molar-refractivity contribution in [2.75, 3.05) is 5.32 Å².